The maximum atomic E-state index is 13.4. The van der Waals surface area contributed by atoms with Crippen LogP contribution in [0.1, 0.15) is 28.5 Å². The van der Waals surface area contributed by atoms with E-state index < -0.39 is 21.1 Å². The van der Waals surface area contributed by atoms with E-state index in [1.54, 1.807) is 12.1 Å². The summed E-state index contributed by atoms with van der Waals surface area (Å²) >= 11 is 13.0. The minimum absolute atomic E-state index is 0.0519. The molecule has 4 aromatic rings. The Morgan fingerprint density at radius 3 is 2.42 bits per heavy atom. The molecule has 1 aromatic heterocycles. The molecule has 4 rings (SSSR count). The Balaban J connectivity index is 1.72. The molecule has 1 heterocycles. The van der Waals surface area contributed by atoms with Gasteiger partial charge in [-0.2, -0.15) is 4.31 Å². The van der Waals surface area contributed by atoms with Crippen LogP contribution in [0, 0.1) is 17.0 Å². The lowest BCUT2D eigenvalue weighted by atomic mass is 9.98. The van der Waals surface area contributed by atoms with Crippen molar-refractivity contribution in [3.63, 3.8) is 0 Å². The molecule has 1 atom stereocenters. The van der Waals surface area contributed by atoms with Gasteiger partial charge in [0.1, 0.15) is 11.0 Å². The largest absolute Gasteiger partial charge is 0.383 e. The SMILES string of the molecule is Cc1ccc2cccc(C(O)c3c(Cl)ccc(S(=O)(=O)N(C)Cc4ccc([N+](=O)[O-])cc4)c3Cl)c2n1. The van der Waals surface area contributed by atoms with Crippen LogP contribution in [0.15, 0.2) is 71.6 Å². The highest BCUT2D eigenvalue weighted by Gasteiger charge is 2.29. The molecule has 0 bridgehead atoms. The molecule has 0 aliphatic rings. The fourth-order valence-electron chi connectivity index (χ4n) is 3.88. The molecule has 8 nitrogen and oxygen atoms in total. The zero-order valence-corrected chi connectivity index (χ0v) is 21.5. The van der Waals surface area contributed by atoms with Crippen LogP contribution in [0.25, 0.3) is 10.9 Å². The van der Waals surface area contributed by atoms with Crippen LogP contribution in [-0.2, 0) is 16.6 Å². The fourth-order valence-corrected chi connectivity index (χ4v) is 5.98. The summed E-state index contributed by atoms with van der Waals surface area (Å²) in [5.74, 6) is 0. The van der Waals surface area contributed by atoms with Crippen LogP contribution in [-0.4, -0.2) is 34.8 Å². The van der Waals surface area contributed by atoms with E-state index in [0.29, 0.717) is 16.6 Å². The zero-order chi connectivity index (χ0) is 26.2. The molecule has 3 aromatic carbocycles. The standard InChI is InChI=1S/C25H21Cl2N3O5S/c1-15-6-9-17-4-3-5-19(24(17)28-15)25(31)22-20(26)12-13-21(23(22)27)36(34,35)29(2)14-16-7-10-18(11-8-16)30(32)33/h3-13,25,31H,14H2,1-2H3. The summed E-state index contributed by atoms with van der Waals surface area (Å²) in [7, 11) is -2.75. The van der Waals surface area contributed by atoms with Crippen molar-refractivity contribution in [2.75, 3.05) is 7.05 Å². The second-order valence-corrected chi connectivity index (χ2v) is 11.0. The van der Waals surface area contributed by atoms with Crippen LogP contribution >= 0.6 is 23.2 Å². The topological polar surface area (TPSA) is 114 Å². The fraction of sp³-hybridized carbons (Fsp3) is 0.160. The van der Waals surface area contributed by atoms with E-state index >= 15 is 0 Å². The Morgan fingerprint density at radius 2 is 1.75 bits per heavy atom. The lowest BCUT2D eigenvalue weighted by Gasteiger charge is -2.22. The number of aliphatic hydroxyl groups is 1. The number of hydrogen-bond acceptors (Lipinski definition) is 6. The third-order valence-corrected chi connectivity index (χ3v) is 8.49. The van der Waals surface area contributed by atoms with Crippen LogP contribution in [0.2, 0.25) is 10.0 Å². The molecule has 0 radical (unpaired) electrons. The van der Waals surface area contributed by atoms with Gasteiger partial charge in [-0.05, 0) is 30.7 Å². The van der Waals surface area contributed by atoms with Gasteiger partial charge in [-0.15, -0.1) is 0 Å². The van der Waals surface area contributed by atoms with E-state index in [4.69, 9.17) is 23.2 Å². The summed E-state index contributed by atoms with van der Waals surface area (Å²) in [5, 5.41) is 22.9. The zero-order valence-electron chi connectivity index (χ0n) is 19.2. The number of nitro groups is 1. The second kappa shape index (κ2) is 10.1. The molecular formula is C25H21Cl2N3O5S. The number of non-ortho nitro benzene ring substituents is 1. The van der Waals surface area contributed by atoms with Crippen molar-refractivity contribution in [1.29, 1.82) is 0 Å². The maximum Gasteiger partial charge on any atom is 0.269 e. The first kappa shape index (κ1) is 26.0. The summed E-state index contributed by atoms with van der Waals surface area (Å²) < 4.78 is 27.9. The van der Waals surface area contributed by atoms with Crippen LogP contribution in [0.3, 0.4) is 0 Å². The Kier molecular flexibility index (Phi) is 7.31. The van der Waals surface area contributed by atoms with Crippen molar-refractivity contribution in [1.82, 2.24) is 9.29 Å². The van der Waals surface area contributed by atoms with Gasteiger partial charge in [-0.1, -0.05) is 59.6 Å². The van der Waals surface area contributed by atoms with Crippen molar-refractivity contribution in [2.45, 2.75) is 24.5 Å². The van der Waals surface area contributed by atoms with Crippen molar-refractivity contribution >= 4 is 49.8 Å². The molecular weight excluding hydrogens is 525 g/mol. The highest BCUT2D eigenvalue weighted by atomic mass is 35.5. The van der Waals surface area contributed by atoms with Crippen LogP contribution in [0.5, 0.6) is 0 Å². The number of hydrogen-bond donors (Lipinski definition) is 1. The lowest BCUT2D eigenvalue weighted by Crippen LogP contribution is -2.27. The van der Waals surface area contributed by atoms with Gasteiger partial charge in [0.15, 0.2) is 0 Å². The predicted molar refractivity (Wildman–Crippen MR) is 139 cm³/mol. The number of aliphatic hydroxyl groups excluding tert-OH is 1. The smallest absolute Gasteiger partial charge is 0.269 e. The van der Waals surface area contributed by atoms with Gasteiger partial charge in [0, 0.05) is 53.0 Å². The Hall–Kier alpha value is -3.08. The molecule has 0 fully saturated rings. The number of rotatable bonds is 7. The van der Waals surface area contributed by atoms with Gasteiger partial charge in [0.2, 0.25) is 10.0 Å². The van der Waals surface area contributed by atoms with Crippen LogP contribution < -0.4 is 0 Å². The first-order chi connectivity index (χ1) is 17.0. The van der Waals surface area contributed by atoms with Gasteiger partial charge in [0.25, 0.3) is 5.69 Å². The molecule has 0 saturated carbocycles. The summed E-state index contributed by atoms with van der Waals surface area (Å²) in [6.07, 6.45) is -1.34. The second-order valence-electron chi connectivity index (χ2n) is 8.23. The van der Waals surface area contributed by atoms with Crippen LogP contribution in [0.4, 0.5) is 5.69 Å². The quantitative estimate of drug-likeness (QED) is 0.236. The molecule has 0 amide bonds. The van der Waals surface area contributed by atoms with Gasteiger partial charge < -0.3 is 5.11 Å². The number of sulfonamides is 1. The van der Waals surface area contributed by atoms with E-state index in [2.05, 4.69) is 4.98 Å². The number of para-hydroxylation sites is 1. The van der Waals surface area contributed by atoms with E-state index in [-0.39, 0.29) is 32.7 Å². The average Bonchev–Trinajstić information content (AvgIpc) is 2.83. The normalized spacial score (nSPS) is 12.7. The average molecular weight is 546 g/mol. The first-order valence-electron chi connectivity index (χ1n) is 10.7. The number of nitrogens with zero attached hydrogens (tertiary/aromatic N) is 3. The Morgan fingerprint density at radius 1 is 1.06 bits per heavy atom. The Labute approximate surface area is 217 Å². The Bertz CT molecular complexity index is 1580. The number of aromatic nitrogens is 1. The van der Waals surface area contributed by atoms with Gasteiger partial charge >= 0.3 is 0 Å². The number of aryl methyl sites for hydroxylation is 1. The summed E-state index contributed by atoms with van der Waals surface area (Å²) in [5.41, 5.74) is 2.26. The van der Waals surface area contributed by atoms with Crippen molar-refractivity contribution in [3.05, 3.63) is 109 Å². The minimum atomic E-state index is -4.12. The molecule has 0 spiro atoms. The highest BCUT2D eigenvalue weighted by molar-refractivity contribution is 7.89. The highest BCUT2D eigenvalue weighted by Crippen LogP contribution is 2.40. The summed E-state index contributed by atoms with van der Waals surface area (Å²) in [6, 6.07) is 17.3. The van der Waals surface area contributed by atoms with E-state index in [1.165, 1.54) is 43.4 Å². The molecule has 36 heavy (non-hydrogen) atoms. The summed E-state index contributed by atoms with van der Waals surface area (Å²) in [4.78, 5) is 14.6. The molecule has 1 unspecified atom stereocenters. The molecule has 186 valence electrons. The third kappa shape index (κ3) is 4.93. The molecule has 0 aliphatic carbocycles. The minimum Gasteiger partial charge on any atom is -0.383 e. The number of halogens is 2. The molecule has 0 aliphatic heterocycles. The molecule has 0 saturated heterocycles. The van der Waals surface area contributed by atoms with Gasteiger partial charge in [-0.3, -0.25) is 15.1 Å². The van der Waals surface area contributed by atoms with E-state index in [1.807, 2.05) is 25.1 Å². The van der Waals surface area contributed by atoms with Gasteiger partial charge in [0.05, 0.1) is 15.5 Å². The van der Waals surface area contributed by atoms with Crippen molar-refractivity contribution < 1.29 is 18.4 Å². The lowest BCUT2D eigenvalue weighted by molar-refractivity contribution is -0.384. The number of pyridine rings is 1. The third-order valence-electron chi connectivity index (χ3n) is 5.79. The number of nitro benzene ring substituents is 1. The summed E-state index contributed by atoms with van der Waals surface area (Å²) in [6.45, 7) is 1.78. The number of fused-ring (bicyclic) bond motifs is 1. The van der Waals surface area contributed by atoms with E-state index in [0.717, 1.165) is 15.4 Å². The van der Waals surface area contributed by atoms with Gasteiger partial charge in [-0.25, -0.2) is 8.42 Å². The van der Waals surface area contributed by atoms with Crippen molar-refractivity contribution in [2.24, 2.45) is 0 Å². The monoisotopic (exact) mass is 545 g/mol. The predicted octanol–water partition coefficient (Wildman–Crippen LogP) is 5.66. The maximum absolute atomic E-state index is 13.4. The molecule has 1 N–H and O–H groups in total. The number of benzene rings is 3. The first-order valence-corrected chi connectivity index (χ1v) is 12.9. The van der Waals surface area contributed by atoms with Crippen molar-refractivity contribution in [3.8, 4) is 0 Å². The van der Waals surface area contributed by atoms with E-state index in [9.17, 15) is 23.6 Å². The molecule has 11 heteroatoms.